The third-order valence-electron chi connectivity index (χ3n) is 5.67. The Morgan fingerprint density at radius 3 is 2.87 bits per heavy atom. The van der Waals surface area contributed by atoms with Crippen molar-refractivity contribution >= 4 is 23.1 Å². The predicted octanol–water partition coefficient (Wildman–Crippen LogP) is 4.31. The van der Waals surface area contributed by atoms with Crippen LogP contribution in [-0.2, 0) is 16.3 Å². The minimum atomic E-state index is -0.393. The van der Waals surface area contributed by atoms with Crippen LogP contribution >= 0.6 is 0 Å². The SMILES string of the molecule is Cc1ccc(CO/N=C/NC(=O)N2OC[C@H]3COc4ccc5ccccc5c4[C@H]32)cc1. The number of hydrogen-bond donors (Lipinski definition) is 1. The van der Waals surface area contributed by atoms with E-state index in [0.717, 1.165) is 27.6 Å². The molecule has 0 radical (unpaired) electrons. The Morgan fingerprint density at radius 2 is 2.00 bits per heavy atom. The van der Waals surface area contributed by atoms with Crippen LogP contribution in [0.3, 0.4) is 0 Å². The summed E-state index contributed by atoms with van der Waals surface area (Å²) >= 11 is 0. The molecule has 0 spiro atoms. The van der Waals surface area contributed by atoms with Crippen LogP contribution in [0.2, 0.25) is 0 Å². The summed E-state index contributed by atoms with van der Waals surface area (Å²) in [6.45, 7) is 3.28. The van der Waals surface area contributed by atoms with Crippen LogP contribution in [0.15, 0.2) is 65.8 Å². The molecule has 0 bridgehead atoms. The smallest absolute Gasteiger partial charge is 0.347 e. The van der Waals surface area contributed by atoms with E-state index in [1.165, 1.54) is 17.0 Å². The molecule has 158 valence electrons. The topological polar surface area (TPSA) is 72.4 Å². The molecule has 1 saturated heterocycles. The third-order valence-corrected chi connectivity index (χ3v) is 5.67. The van der Waals surface area contributed by atoms with Gasteiger partial charge >= 0.3 is 6.03 Å². The average Bonchev–Trinajstić information content (AvgIpc) is 3.24. The first-order chi connectivity index (χ1) is 15.2. The molecule has 5 rings (SSSR count). The van der Waals surface area contributed by atoms with Crippen LogP contribution in [0.4, 0.5) is 4.79 Å². The van der Waals surface area contributed by atoms with Crippen LogP contribution < -0.4 is 10.1 Å². The van der Waals surface area contributed by atoms with Crippen molar-refractivity contribution in [3.05, 3.63) is 77.4 Å². The van der Waals surface area contributed by atoms with E-state index in [-0.39, 0.29) is 12.0 Å². The lowest BCUT2D eigenvalue weighted by Crippen LogP contribution is -2.40. The molecule has 2 aliphatic heterocycles. The quantitative estimate of drug-likeness (QED) is 0.390. The second-order valence-electron chi connectivity index (χ2n) is 7.78. The Labute approximate surface area is 180 Å². The number of nitrogens with zero attached hydrogens (tertiary/aromatic N) is 2. The highest BCUT2D eigenvalue weighted by molar-refractivity contribution is 5.90. The van der Waals surface area contributed by atoms with E-state index >= 15 is 0 Å². The molecule has 0 aliphatic carbocycles. The van der Waals surface area contributed by atoms with E-state index in [9.17, 15) is 4.79 Å². The number of aryl methyl sites for hydroxylation is 1. The van der Waals surface area contributed by atoms with Crippen molar-refractivity contribution in [1.82, 2.24) is 10.4 Å². The molecule has 1 N–H and O–H groups in total. The summed E-state index contributed by atoms with van der Waals surface area (Å²) in [6.07, 6.45) is 1.25. The van der Waals surface area contributed by atoms with Gasteiger partial charge in [-0.3, -0.25) is 10.2 Å². The van der Waals surface area contributed by atoms with Crippen molar-refractivity contribution in [1.29, 1.82) is 0 Å². The molecule has 2 atom stereocenters. The number of urea groups is 1. The predicted molar refractivity (Wildman–Crippen MR) is 116 cm³/mol. The summed E-state index contributed by atoms with van der Waals surface area (Å²) in [5.74, 6) is 0.858. The van der Waals surface area contributed by atoms with Crippen molar-refractivity contribution in [2.24, 2.45) is 11.1 Å². The minimum absolute atomic E-state index is 0.0683. The lowest BCUT2D eigenvalue weighted by atomic mass is 9.88. The number of carbonyl (C=O) groups is 1. The van der Waals surface area contributed by atoms with Crippen LogP contribution in [-0.4, -0.2) is 30.6 Å². The van der Waals surface area contributed by atoms with Gasteiger partial charge in [-0.05, 0) is 29.3 Å². The third kappa shape index (κ3) is 3.80. The maximum absolute atomic E-state index is 12.8. The van der Waals surface area contributed by atoms with Crippen molar-refractivity contribution in [3.63, 3.8) is 0 Å². The zero-order valence-corrected chi connectivity index (χ0v) is 17.2. The zero-order chi connectivity index (χ0) is 21.2. The molecule has 0 aromatic heterocycles. The monoisotopic (exact) mass is 417 g/mol. The van der Waals surface area contributed by atoms with Crippen LogP contribution in [0, 0.1) is 12.8 Å². The molecular weight excluding hydrogens is 394 g/mol. The molecule has 7 heteroatoms. The Morgan fingerprint density at radius 1 is 1.16 bits per heavy atom. The van der Waals surface area contributed by atoms with Gasteiger partial charge in [0.15, 0.2) is 0 Å². The van der Waals surface area contributed by atoms with Crippen LogP contribution in [0.1, 0.15) is 22.7 Å². The normalized spacial score (nSPS) is 19.7. The van der Waals surface area contributed by atoms with Gasteiger partial charge in [0.1, 0.15) is 18.7 Å². The van der Waals surface area contributed by atoms with Crippen LogP contribution in [0.25, 0.3) is 10.8 Å². The summed E-state index contributed by atoms with van der Waals surface area (Å²) in [5, 5.41) is 10.0. The van der Waals surface area contributed by atoms with E-state index < -0.39 is 6.03 Å². The molecule has 3 aromatic rings. The Hall–Kier alpha value is -3.58. The van der Waals surface area contributed by atoms with Gasteiger partial charge in [-0.25, -0.2) is 4.79 Å². The summed E-state index contributed by atoms with van der Waals surface area (Å²) in [7, 11) is 0. The number of amides is 2. The molecule has 2 amide bonds. The molecule has 3 aromatic carbocycles. The van der Waals surface area contributed by atoms with Gasteiger partial charge in [-0.15, -0.1) is 0 Å². The van der Waals surface area contributed by atoms with Gasteiger partial charge < -0.3 is 9.57 Å². The fourth-order valence-electron chi connectivity index (χ4n) is 4.10. The van der Waals surface area contributed by atoms with E-state index in [2.05, 4.69) is 22.6 Å². The number of fused-ring (bicyclic) bond motifs is 5. The summed E-state index contributed by atoms with van der Waals surface area (Å²) in [4.78, 5) is 23.8. The standard InChI is InChI=1S/C24H23N3O4/c1-16-6-8-17(9-7-16)12-30-26-15-25-24(28)27-23-19(14-31-27)13-29-21-11-10-18-4-2-3-5-20(18)22(21)23/h2-11,15,19,23H,12-14H2,1H3,(H,25,26,28)/t19-,23+/m1/s1. The lowest BCUT2D eigenvalue weighted by molar-refractivity contribution is -0.0862. The highest BCUT2D eigenvalue weighted by Gasteiger charge is 2.45. The van der Waals surface area contributed by atoms with E-state index in [0.29, 0.717) is 19.8 Å². The average molecular weight is 417 g/mol. The molecule has 1 fully saturated rings. The molecule has 2 aliphatic rings. The Kier molecular flexibility index (Phi) is 5.18. The van der Waals surface area contributed by atoms with E-state index in [1.54, 1.807) is 0 Å². The summed E-state index contributed by atoms with van der Waals surface area (Å²) in [5.41, 5.74) is 3.17. The van der Waals surface area contributed by atoms with Crippen LogP contribution in [0.5, 0.6) is 5.75 Å². The fraction of sp³-hybridized carbons (Fsp3) is 0.250. The van der Waals surface area contributed by atoms with Gasteiger partial charge in [-0.2, -0.15) is 5.06 Å². The number of benzene rings is 3. The molecule has 0 saturated carbocycles. The second kappa shape index (κ2) is 8.28. The first kappa shape index (κ1) is 19.4. The number of hydrogen-bond acceptors (Lipinski definition) is 5. The fourth-order valence-corrected chi connectivity index (χ4v) is 4.10. The number of oxime groups is 1. The maximum Gasteiger partial charge on any atom is 0.347 e. The minimum Gasteiger partial charge on any atom is -0.493 e. The molecule has 2 heterocycles. The van der Waals surface area contributed by atoms with Gasteiger partial charge in [0.2, 0.25) is 0 Å². The first-order valence-electron chi connectivity index (χ1n) is 10.3. The highest BCUT2D eigenvalue weighted by atomic mass is 16.7. The molecule has 31 heavy (non-hydrogen) atoms. The summed E-state index contributed by atoms with van der Waals surface area (Å²) < 4.78 is 5.95. The van der Waals surface area contributed by atoms with Gasteiger partial charge in [-0.1, -0.05) is 65.3 Å². The van der Waals surface area contributed by atoms with Crippen molar-refractivity contribution in [3.8, 4) is 5.75 Å². The second-order valence-corrected chi connectivity index (χ2v) is 7.78. The highest BCUT2D eigenvalue weighted by Crippen LogP contribution is 2.46. The number of carbonyl (C=O) groups excluding carboxylic acids is 1. The van der Waals surface area contributed by atoms with Gasteiger partial charge in [0, 0.05) is 11.5 Å². The molecular formula is C24H23N3O4. The molecule has 0 unspecified atom stereocenters. The number of rotatable bonds is 4. The van der Waals surface area contributed by atoms with Crippen molar-refractivity contribution < 1.29 is 19.2 Å². The van der Waals surface area contributed by atoms with E-state index in [4.69, 9.17) is 14.4 Å². The van der Waals surface area contributed by atoms with Crippen molar-refractivity contribution in [2.45, 2.75) is 19.6 Å². The number of nitrogens with one attached hydrogen (secondary N) is 1. The van der Waals surface area contributed by atoms with Crippen molar-refractivity contribution in [2.75, 3.05) is 13.2 Å². The number of ether oxygens (including phenoxy) is 1. The Balaban J connectivity index is 1.28. The first-order valence-corrected chi connectivity index (χ1v) is 10.3. The Bertz CT molecular complexity index is 1130. The summed E-state index contributed by atoms with van der Waals surface area (Å²) in [6, 6.07) is 19.5. The van der Waals surface area contributed by atoms with E-state index in [1.807, 2.05) is 55.5 Å². The zero-order valence-electron chi connectivity index (χ0n) is 17.2. The number of hydroxylamine groups is 2. The maximum atomic E-state index is 12.8. The van der Waals surface area contributed by atoms with Gasteiger partial charge in [0.05, 0.1) is 19.3 Å². The largest absolute Gasteiger partial charge is 0.493 e. The van der Waals surface area contributed by atoms with Gasteiger partial charge in [0.25, 0.3) is 0 Å². The molecule has 7 nitrogen and oxygen atoms in total. The lowest BCUT2D eigenvalue weighted by Gasteiger charge is -2.32.